The Morgan fingerprint density at radius 3 is 2.17 bits per heavy atom. The van der Waals surface area contributed by atoms with Crippen molar-refractivity contribution >= 4 is 5.91 Å². The lowest BCUT2D eigenvalue weighted by Gasteiger charge is -2.21. The number of nitrogens with one attached hydrogen (secondary N) is 1. The standard InChI is InChI=1S/C21H23NO/c1-4-19-15(2)21(19,18-13-9-6-10-14-18)20(23)22-16(3)17-11-7-5-8-12-17/h4-16H,1-3H3,(H,22,23)/b19-4+/t15-,16+,21+/m1/s1. The highest BCUT2D eigenvalue weighted by molar-refractivity contribution is 5.98. The van der Waals surface area contributed by atoms with Gasteiger partial charge in [-0.3, -0.25) is 4.79 Å². The van der Waals surface area contributed by atoms with Crippen LogP contribution in [0.25, 0.3) is 0 Å². The molecule has 2 aromatic rings. The van der Waals surface area contributed by atoms with Gasteiger partial charge in [0.2, 0.25) is 5.91 Å². The van der Waals surface area contributed by atoms with Crippen molar-refractivity contribution in [2.45, 2.75) is 32.2 Å². The molecule has 1 N–H and O–H groups in total. The highest BCUT2D eigenvalue weighted by Crippen LogP contribution is 2.59. The van der Waals surface area contributed by atoms with Crippen LogP contribution in [0, 0.1) is 5.92 Å². The van der Waals surface area contributed by atoms with Crippen LogP contribution >= 0.6 is 0 Å². The molecule has 23 heavy (non-hydrogen) atoms. The molecule has 0 saturated heterocycles. The second-order valence-electron chi connectivity index (χ2n) is 6.25. The van der Waals surface area contributed by atoms with Crippen molar-refractivity contribution in [3.8, 4) is 0 Å². The van der Waals surface area contributed by atoms with E-state index in [2.05, 4.69) is 30.4 Å². The van der Waals surface area contributed by atoms with Crippen LogP contribution < -0.4 is 5.32 Å². The molecule has 118 valence electrons. The van der Waals surface area contributed by atoms with E-state index in [9.17, 15) is 4.79 Å². The van der Waals surface area contributed by atoms with Crippen LogP contribution in [0.3, 0.4) is 0 Å². The molecule has 0 radical (unpaired) electrons. The molecule has 1 fully saturated rings. The minimum absolute atomic E-state index is 0.00445. The van der Waals surface area contributed by atoms with Gasteiger partial charge in [-0.2, -0.15) is 0 Å². The van der Waals surface area contributed by atoms with Crippen molar-refractivity contribution in [1.29, 1.82) is 0 Å². The first kappa shape index (κ1) is 15.5. The second-order valence-corrected chi connectivity index (χ2v) is 6.25. The third-order valence-electron chi connectivity index (χ3n) is 5.03. The smallest absolute Gasteiger partial charge is 0.235 e. The van der Waals surface area contributed by atoms with Gasteiger partial charge in [0.05, 0.1) is 6.04 Å². The minimum atomic E-state index is -0.501. The van der Waals surface area contributed by atoms with Crippen LogP contribution in [0.4, 0.5) is 0 Å². The van der Waals surface area contributed by atoms with E-state index in [1.54, 1.807) is 0 Å². The monoisotopic (exact) mass is 305 g/mol. The summed E-state index contributed by atoms with van der Waals surface area (Å²) in [7, 11) is 0. The fourth-order valence-electron chi connectivity index (χ4n) is 3.70. The van der Waals surface area contributed by atoms with Gasteiger partial charge >= 0.3 is 0 Å². The number of hydrogen-bond donors (Lipinski definition) is 1. The van der Waals surface area contributed by atoms with E-state index in [-0.39, 0.29) is 17.9 Å². The molecule has 0 spiro atoms. The zero-order valence-electron chi connectivity index (χ0n) is 13.9. The molecule has 1 amide bonds. The Kier molecular flexibility index (Phi) is 4.08. The molecule has 3 rings (SSSR count). The molecule has 0 unspecified atom stereocenters. The fourth-order valence-corrected chi connectivity index (χ4v) is 3.70. The quantitative estimate of drug-likeness (QED) is 0.834. The molecule has 1 aliphatic carbocycles. The van der Waals surface area contributed by atoms with Gasteiger partial charge < -0.3 is 5.32 Å². The van der Waals surface area contributed by atoms with Crippen molar-refractivity contribution in [1.82, 2.24) is 5.32 Å². The zero-order chi connectivity index (χ0) is 16.4. The highest BCUT2D eigenvalue weighted by Gasteiger charge is 2.63. The summed E-state index contributed by atoms with van der Waals surface area (Å²) in [5, 5.41) is 3.21. The Labute approximate surface area is 138 Å². The van der Waals surface area contributed by atoms with Gasteiger partial charge in [-0.15, -0.1) is 0 Å². The number of rotatable bonds is 4. The first-order chi connectivity index (χ1) is 11.1. The predicted octanol–water partition coefficient (Wildman–Crippen LogP) is 4.40. The maximum absolute atomic E-state index is 13.1. The van der Waals surface area contributed by atoms with Crippen LogP contribution in [-0.2, 0) is 10.2 Å². The van der Waals surface area contributed by atoms with E-state index >= 15 is 0 Å². The topological polar surface area (TPSA) is 29.1 Å². The van der Waals surface area contributed by atoms with E-state index in [1.165, 1.54) is 5.57 Å². The summed E-state index contributed by atoms with van der Waals surface area (Å²) >= 11 is 0. The number of carbonyl (C=O) groups is 1. The molecule has 0 aliphatic heterocycles. The van der Waals surface area contributed by atoms with Gasteiger partial charge in [-0.25, -0.2) is 0 Å². The Bertz CT molecular complexity index is 720. The summed E-state index contributed by atoms with van der Waals surface area (Å²) < 4.78 is 0. The number of carbonyl (C=O) groups excluding carboxylic acids is 1. The van der Waals surface area contributed by atoms with Crippen LogP contribution in [0.2, 0.25) is 0 Å². The zero-order valence-corrected chi connectivity index (χ0v) is 13.9. The van der Waals surface area contributed by atoms with Gasteiger partial charge in [0.1, 0.15) is 5.41 Å². The van der Waals surface area contributed by atoms with Crippen LogP contribution in [0.15, 0.2) is 72.3 Å². The first-order valence-corrected chi connectivity index (χ1v) is 8.20. The van der Waals surface area contributed by atoms with E-state index in [1.807, 2.05) is 62.4 Å². The predicted molar refractivity (Wildman–Crippen MR) is 94.0 cm³/mol. The van der Waals surface area contributed by atoms with Crippen molar-refractivity contribution in [3.05, 3.63) is 83.4 Å². The SMILES string of the molecule is C/C=C1\[C@@H](C)[C@]1(C(=O)N[C@@H](C)c1ccccc1)c1ccccc1. The lowest BCUT2D eigenvalue weighted by Crippen LogP contribution is -2.37. The maximum Gasteiger partial charge on any atom is 0.235 e. The van der Waals surface area contributed by atoms with Gasteiger partial charge in [-0.05, 0) is 30.5 Å². The highest BCUT2D eigenvalue weighted by atomic mass is 16.2. The molecular formula is C21H23NO. The van der Waals surface area contributed by atoms with E-state index in [0.29, 0.717) is 0 Å². The molecule has 2 aromatic carbocycles. The molecule has 2 heteroatoms. The van der Waals surface area contributed by atoms with Gasteiger partial charge in [0.25, 0.3) is 0 Å². The van der Waals surface area contributed by atoms with E-state index in [0.717, 1.165) is 11.1 Å². The Morgan fingerprint density at radius 2 is 1.65 bits per heavy atom. The summed E-state index contributed by atoms with van der Waals surface area (Å²) in [6.45, 7) is 6.19. The maximum atomic E-state index is 13.1. The summed E-state index contributed by atoms with van der Waals surface area (Å²) in [5.74, 6) is 0.346. The summed E-state index contributed by atoms with van der Waals surface area (Å²) in [5.41, 5.74) is 2.91. The van der Waals surface area contributed by atoms with E-state index in [4.69, 9.17) is 0 Å². The minimum Gasteiger partial charge on any atom is -0.349 e. The lowest BCUT2D eigenvalue weighted by molar-refractivity contribution is -0.124. The molecule has 2 nitrogen and oxygen atoms in total. The summed E-state index contributed by atoms with van der Waals surface area (Å²) in [4.78, 5) is 13.1. The fraction of sp³-hybridized carbons (Fsp3) is 0.286. The molecule has 3 atom stereocenters. The van der Waals surface area contributed by atoms with E-state index < -0.39 is 5.41 Å². The molecular weight excluding hydrogens is 282 g/mol. The van der Waals surface area contributed by atoms with Crippen LogP contribution in [0.5, 0.6) is 0 Å². The lowest BCUT2D eigenvalue weighted by atomic mass is 9.91. The second kappa shape index (κ2) is 6.04. The first-order valence-electron chi connectivity index (χ1n) is 8.20. The van der Waals surface area contributed by atoms with Gasteiger partial charge in [0, 0.05) is 5.92 Å². The molecule has 1 aliphatic rings. The van der Waals surface area contributed by atoms with Crippen LogP contribution in [0.1, 0.15) is 37.9 Å². The number of amides is 1. The average Bonchev–Trinajstić information content (AvgIpc) is 3.21. The largest absolute Gasteiger partial charge is 0.349 e. The summed E-state index contributed by atoms with van der Waals surface area (Å²) in [6, 6.07) is 20.2. The average molecular weight is 305 g/mol. The molecule has 1 saturated carbocycles. The Balaban J connectivity index is 1.89. The Morgan fingerprint density at radius 1 is 1.09 bits per heavy atom. The normalized spacial score (nSPS) is 25.9. The number of allylic oxidation sites excluding steroid dienone is 1. The third kappa shape index (κ3) is 2.48. The molecule has 0 bridgehead atoms. The number of benzene rings is 2. The van der Waals surface area contributed by atoms with Gasteiger partial charge in [0.15, 0.2) is 0 Å². The van der Waals surface area contributed by atoms with Crippen molar-refractivity contribution in [2.24, 2.45) is 5.92 Å². The summed E-state index contributed by atoms with van der Waals surface area (Å²) in [6.07, 6.45) is 2.09. The van der Waals surface area contributed by atoms with Gasteiger partial charge in [-0.1, -0.05) is 73.7 Å². The molecule has 0 aromatic heterocycles. The molecule has 0 heterocycles. The Hall–Kier alpha value is -2.35. The van der Waals surface area contributed by atoms with Crippen molar-refractivity contribution in [2.75, 3.05) is 0 Å². The van der Waals surface area contributed by atoms with Crippen molar-refractivity contribution in [3.63, 3.8) is 0 Å². The van der Waals surface area contributed by atoms with Crippen molar-refractivity contribution < 1.29 is 4.79 Å². The number of hydrogen-bond acceptors (Lipinski definition) is 1. The van der Waals surface area contributed by atoms with Crippen LogP contribution in [-0.4, -0.2) is 5.91 Å². The third-order valence-corrected chi connectivity index (χ3v) is 5.03.